The van der Waals surface area contributed by atoms with Crippen LogP contribution >= 0.6 is 0 Å². The Morgan fingerprint density at radius 3 is 2.91 bits per heavy atom. The van der Waals surface area contributed by atoms with Gasteiger partial charge >= 0.3 is 0 Å². The zero-order chi connectivity index (χ0) is 16.3. The van der Waals surface area contributed by atoms with Crippen LogP contribution in [-0.2, 0) is 27.3 Å². The topological polar surface area (TPSA) is 48.8 Å². The first-order valence-corrected chi connectivity index (χ1v) is 8.53. The Kier molecular flexibility index (Phi) is 5.36. The number of rotatable bonds is 7. The highest BCUT2D eigenvalue weighted by Crippen LogP contribution is 2.43. The molecule has 1 aromatic heterocycles. The van der Waals surface area contributed by atoms with Crippen molar-refractivity contribution in [2.24, 2.45) is 0 Å². The summed E-state index contributed by atoms with van der Waals surface area (Å²) in [6, 6.07) is 0.416. The minimum absolute atomic E-state index is 0.00101. The molecule has 0 radical (unpaired) electrons. The van der Waals surface area contributed by atoms with E-state index in [1.54, 1.807) is 7.11 Å². The van der Waals surface area contributed by atoms with Gasteiger partial charge in [0, 0.05) is 52.9 Å². The molecule has 0 amide bonds. The van der Waals surface area contributed by atoms with Gasteiger partial charge in [-0.25, -0.2) is 4.98 Å². The zero-order valence-corrected chi connectivity index (χ0v) is 14.5. The molecule has 0 unspecified atom stereocenters. The van der Waals surface area contributed by atoms with Gasteiger partial charge in [-0.1, -0.05) is 0 Å². The van der Waals surface area contributed by atoms with Crippen LogP contribution in [0.1, 0.15) is 31.5 Å². The number of fused-ring (bicyclic) bond motifs is 1. The fourth-order valence-electron chi connectivity index (χ4n) is 4.23. The third-order valence-electron chi connectivity index (χ3n) is 5.67. The van der Waals surface area contributed by atoms with Crippen molar-refractivity contribution in [1.29, 1.82) is 0 Å². The Bertz CT molecular complexity index is 507. The van der Waals surface area contributed by atoms with E-state index in [0.717, 1.165) is 51.1 Å². The highest BCUT2D eigenvalue weighted by molar-refractivity contribution is 5.07. The van der Waals surface area contributed by atoms with Gasteiger partial charge in [0.05, 0.1) is 24.9 Å². The number of nitrogens with zero attached hydrogens (tertiary/aromatic N) is 3. The summed E-state index contributed by atoms with van der Waals surface area (Å²) in [6.07, 6.45) is 8.58. The average Bonchev–Trinajstić information content (AvgIpc) is 3.18. The Morgan fingerprint density at radius 1 is 1.30 bits per heavy atom. The van der Waals surface area contributed by atoms with Crippen LogP contribution in [0.15, 0.2) is 12.4 Å². The van der Waals surface area contributed by atoms with Crippen molar-refractivity contribution >= 4 is 0 Å². The van der Waals surface area contributed by atoms with Crippen LogP contribution in [0.4, 0.5) is 0 Å². The van der Waals surface area contributed by atoms with Crippen LogP contribution in [0.2, 0.25) is 0 Å². The number of likely N-dealkylation sites (tertiary alicyclic amines) is 1. The van der Waals surface area contributed by atoms with Crippen LogP contribution in [-0.4, -0.2) is 66.7 Å². The third kappa shape index (κ3) is 3.31. The highest BCUT2D eigenvalue weighted by atomic mass is 16.5. The van der Waals surface area contributed by atoms with E-state index in [0.29, 0.717) is 18.8 Å². The molecule has 1 aliphatic heterocycles. The molecule has 1 saturated heterocycles. The predicted molar refractivity (Wildman–Crippen MR) is 87.3 cm³/mol. The second kappa shape index (κ2) is 7.30. The van der Waals surface area contributed by atoms with Gasteiger partial charge in [0.2, 0.25) is 0 Å². The predicted octanol–water partition coefficient (Wildman–Crippen LogP) is 1.69. The average molecular weight is 323 g/mol. The molecule has 0 aromatic carbocycles. The fraction of sp³-hybridized carbons (Fsp3) is 0.824. The van der Waals surface area contributed by atoms with Crippen LogP contribution in [0, 0.1) is 0 Å². The monoisotopic (exact) mass is 323 g/mol. The lowest BCUT2D eigenvalue weighted by Crippen LogP contribution is -2.51. The third-order valence-corrected chi connectivity index (χ3v) is 5.67. The summed E-state index contributed by atoms with van der Waals surface area (Å²) in [5, 5.41) is 0. The van der Waals surface area contributed by atoms with E-state index < -0.39 is 0 Å². The SMILES string of the molecule is COCCn1ccnc1CN1CC[C@]2(OC)CC[C@@H](OC)C[C@H]12. The minimum atomic E-state index is -0.00101. The molecule has 6 heteroatoms. The van der Waals surface area contributed by atoms with E-state index in [9.17, 15) is 0 Å². The van der Waals surface area contributed by atoms with E-state index in [2.05, 4.69) is 14.5 Å². The number of methoxy groups -OCH3 is 3. The highest BCUT2D eigenvalue weighted by Gasteiger charge is 2.51. The molecular weight excluding hydrogens is 294 g/mol. The molecule has 0 N–H and O–H groups in total. The van der Waals surface area contributed by atoms with Crippen molar-refractivity contribution < 1.29 is 14.2 Å². The Labute approximate surface area is 138 Å². The first-order valence-electron chi connectivity index (χ1n) is 8.53. The van der Waals surface area contributed by atoms with Crippen LogP contribution in [0.25, 0.3) is 0 Å². The van der Waals surface area contributed by atoms with Gasteiger partial charge in [-0.05, 0) is 25.7 Å². The lowest BCUT2D eigenvalue weighted by molar-refractivity contribution is -0.0950. The second-order valence-corrected chi connectivity index (χ2v) is 6.67. The maximum atomic E-state index is 6.00. The van der Waals surface area contributed by atoms with Crippen molar-refractivity contribution in [3.8, 4) is 0 Å². The molecule has 2 heterocycles. The summed E-state index contributed by atoms with van der Waals surface area (Å²) in [4.78, 5) is 7.08. The van der Waals surface area contributed by atoms with E-state index in [1.165, 1.54) is 0 Å². The Morgan fingerprint density at radius 2 is 2.17 bits per heavy atom. The van der Waals surface area contributed by atoms with Crippen molar-refractivity contribution in [1.82, 2.24) is 14.5 Å². The largest absolute Gasteiger partial charge is 0.383 e. The first-order chi connectivity index (χ1) is 11.2. The van der Waals surface area contributed by atoms with Gasteiger partial charge in [-0.2, -0.15) is 0 Å². The van der Waals surface area contributed by atoms with Crippen LogP contribution in [0.5, 0.6) is 0 Å². The fourth-order valence-corrected chi connectivity index (χ4v) is 4.23. The van der Waals surface area contributed by atoms with Crippen molar-refractivity contribution in [3.05, 3.63) is 18.2 Å². The van der Waals surface area contributed by atoms with Gasteiger partial charge in [-0.15, -0.1) is 0 Å². The van der Waals surface area contributed by atoms with E-state index in [1.807, 2.05) is 26.6 Å². The number of ether oxygens (including phenoxy) is 3. The number of imidazole rings is 1. The Hall–Kier alpha value is -0.950. The molecule has 130 valence electrons. The standard InChI is InChI=1S/C17H29N3O3/c1-21-11-10-19-9-7-18-16(19)13-20-8-6-17(23-3)5-4-14(22-2)12-15(17)20/h7,9,14-15H,4-6,8,10-13H2,1-3H3/t14-,15+,17-/m1/s1. The molecule has 0 bridgehead atoms. The minimum Gasteiger partial charge on any atom is -0.383 e. The summed E-state index contributed by atoms with van der Waals surface area (Å²) < 4.78 is 19.0. The lowest BCUT2D eigenvalue weighted by atomic mass is 9.79. The number of hydrogen-bond acceptors (Lipinski definition) is 5. The Balaban J connectivity index is 1.72. The molecule has 1 aliphatic carbocycles. The molecule has 6 nitrogen and oxygen atoms in total. The van der Waals surface area contributed by atoms with Crippen LogP contribution in [0.3, 0.4) is 0 Å². The summed E-state index contributed by atoms with van der Waals surface area (Å²) >= 11 is 0. The van der Waals surface area contributed by atoms with Crippen molar-refractivity contribution in [3.63, 3.8) is 0 Å². The molecule has 2 aliphatic rings. The summed E-state index contributed by atoms with van der Waals surface area (Å²) in [6.45, 7) is 3.48. The van der Waals surface area contributed by atoms with Gasteiger partial charge in [-0.3, -0.25) is 4.90 Å². The van der Waals surface area contributed by atoms with Crippen molar-refractivity contribution in [2.75, 3.05) is 34.5 Å². The van der Waals surface area contributed by atoms with Crippen LogP contribution < -0.4 is 0 Å². The molecule has 3 atom stereocenters. The van der Waals surface area contributed by atoms with Gasteiger partial charge in [0.1, 0.15) is 5.82 Å². The molecule has 23 heavy (non-hydrogen) atoms. The summed E-state index contributed by atoms with van der Waals surface area (Å²) in [7, 11) is 5.42. The molecular formula is C17H29N3O3. The molecule has 0 spiro atoms. The molecule has 3 rings (SSSR count). The van der Waals surface area contributed by atoms with E-state index in [-0.39, 0.29) is 5.60 Å². The first kappa shape index (κ1) is 16.9. The maximum Gasteiger partial charge on any atom is 0.122 e. The lowest BCUT2D eigenvalue weighted by Gasteiger charge is -2.43. The quantitative estimate of drug-likeness (QED) is 0.764. The molecule has 1 aromatic rings. The number of hydrogen-bond donors (Lipinski definition) is 0. The summed E-state index contributed by atoms with van der Waals surface area (Å²) in [5.74, 6) is 1.11. The van der Waals surface area contributed by atoms with Gasteiger partial charge < -0.3 is 18.8 Å². The smallest absolute Gasteiger partial charge is 0.122 e. The van der Waals surface area contributed by atoms with Gasteiger partial charge in [0.15, 0.2) is 0 Å². The van der Waals surface area contributed by atoms with E-state index >= 15 is 0 Å². The van der Waals surface area contributed by atoms with E-state index in [4.69, 9.17) is 14.2 Å². The molecule has 1 saturated carbocycles. The second-order valence-electron chi connectivity index (χ2n) is 6.67. The molecule has 2 fully saturated rings. The van der Waals surface area contributed by atoms with Gasteiger partial charge in [0.25, 0.3) is 0 Å². The van der Waals surface area contributed by atoms with Crippen molar-refractivity contribution in [2.45, 2.75) is 56.5 Å². The number of aromatic nitrogens is 2. The normalized spacial score (nSPS) is 31.4. The zero-order valence-electron chi connectivity index (χ0n) is 14.5. The maximum absolute atomic E-state index is 6.00. The summed E-state index contributed by atoms with van der Waals surface area (Å²) in [5.41, 5.74) is -0.00101.